The fraction of sp³-hybridized carbons (Fsp3) is 0.429. The first-order chi connectivity index (χ1) is 10.9. The van der Waals surface area contributed by atoms with Crippen LogP contribution >= 0.6 is 0 Å². The lowest BCUT2D eigenvalue weighted by Crippen LogP contribution is -2.43. The zero-order valence-electron chi connectivity index (χ0n) is 12.4. The van der Waals surface area contributed by atoms with Crippen LogP contribution in [0.2, 0.25) is 0 Å². The average molecular weight is 340 g/mol. The second-order valence-electron chi connectivity index (χ2n) is 5.50. The van der Waals surface area contributed by atoms with E-state index < -0.39 is 27.7 Å². The number of hydrogen-bond acceptors (Lipinski definition) is 6. The van der Waals surface area contributed by atoms with E-state index >= 15 is 0 Å². The van der Waals surface area contributed by atoms with Crippen molar-refractivity contribution < 1.29 is 27.5 Å². The monoisotopic (exact) mass is 340 g/mol. The van der Waals surface area contributed by atoms with Crippen LogP contribution in [-0.4, -0.2) is 56.5 Å². The van der Waals surface area contributed by atoms with Gasteiger partial charge in [0, 0.05) is 24.8 Å². The average Bonchev–Trinajstić information content (AvgIpc) is 3.11. The predicted molar refractivity (Wildman–Crippen MR) is 81.0 cm³/mol. The van der Waals surface area contributed by atoms with Crippen molar-refractivity contribution in [3.8, 4) is 11.5 Å². The topological polar surface area (TPSA) is 102 Å². The molecule has 1 atom stereocenters. The quantitative estimate of drug-likeness (QED) is 0.760. The van der Waals surface area contributed by atoms with Gasteiger partial charge in [-0.1, -0.05) is 0 Å². The first kappa shape index (κ1) is 15.6. The Bertz CT molecular complexity index is 761. The van der Waals surface area contributed by atoms with Gasteiger partial charge >= 0.3 is 11.8 Å². The van der Waals surface area contributed by atoms with E-state index in [1.54, 1.807) is 18.2 Å². The van der Waals surface area contributed by atoms with Crippen LogP contribution in [-0.2, 0) is 19.4 Å². The van der Waals surface area contributed by atoms with Crippen molar-refractivity contribution >= 4 is 27.3 Å². The number of rotatable bonds is 2. The van der Waals surface area contributed by atoms with E-state index in [4.69, 9.17) is 9.47 Å². The largest absolute Gasteiger partial charge is 0.454 e. The lowest BCUT2D eigenvalue weighted by Gasteiger charge is -2.22. The molecule has 23 heavy (non-hydrogen) atoms. The Kier molecular flexibility index (Phi) is 3.88. The van der Waals surface area contributed by atoms with Crippen molar-refractivity contribution in [1.82, 2.24) is 4.90 Å². The van der Waals surface area contributed by atoms with Gasteiger partial charge < -0.3 is 19.7 Å². The Morgan fingerprint density at radius 3 is 2.70 bits per heavy atom. The molecule has 2 amide bonds. The maximum absolute atomic E-state index is 12.1. The zero-order chi connectivity index (χ0) is 16.6. The maximum atomic E-state index is 12.1. The van der Waals surface area contributed by atoms with Crippen LogP contribution in [0.25, 0.3) is 0 Å². The van der Waals surface area contributed by atoms with Gasteiger partial charge in [-0.25, -0.2) is 8.42 Å². The molecule has 3 rings (SSSR count). The normalized spacial score (nSPS) is 21.0. The Morgan fingerprint density at radius 2 is 2.00 bits per heavy atom. The molecule has 8 nitrogen and oxygen atoms in total. The molecule has 1 aromatic rings. The molecule has 0 saturated carbocycles. The molecular weight excluding hydrogens is 324 g/mol. The number of anilines is 1. The molecule has 1 saturated heterocycles. The predicted octanol–water partition coefficient (Wildman–Crippen LogP) is -0.000700. The minimum atomic E-state index is -3.12. The molecule has 124 valence electrons. The molecule has 2 aliphatic heterocycles. The third kappa shape index (κ3) is 3.24. The Morgan fingerprint density at radius 1 is 1.26 bits per heavy atom. The van der Waals surface area contributed by atoms with E-state index in [0.717, 1.165) is 0 Å². The summed E-state index contributed by atoms with van der Waals surface area (Å²) in [6.45, 7) is 0.116. The first-order valence-corrected chi connectivity index (χ1v) is 8.86. The summed E-state index contributed by atoms with van der Waals surface area (Å²) in [6, 6.07) is 4.33. The highest BCUT2D eigenvalue weighted by Crippen LogP contribution is 2.34. The third-order valence-corrected chi connectivity index (χ3v) is 5.65. The summed E-state index contributed by atoms with van der Waals surface area (Å²) in [5, 5.41) is 2.48. The first-order valence-electron chi connectivity index (χ1n) is 7.04. The van der Waals surface area contributed by atoms with E-state index in [1.807, 2.05) is 0 Å². The minimum Gasteiger partial charge on any atom is -0.454 e. The summed E-state index contributed by atoms with van der Waals surface area (Å²) in [6.07, 6.45) is 0.349. The van der Waals surface area contributed by atoms with Crippen LogP contribution < -0.4 is 14.8 Å². The standard InChI is InChI=1S/C14H16N2O6S/c1-16(10-4-5-23(19,20)7-10)14(18)13(17)15-9-2-3-11-12(6-9)22-8-21-11/h2-3,6,10H,4-5,7-8H2,1H3,(H,15,17). The number of carbonyl (C=O) groups excluding carboxylic acids is 2. The number of benzene rings is 1. The molecule has 2 aliphatic rings. The number of sulfone groups is 1. The van der Waals surface area contributed by atoms with Gasteiger partial charge in [0.05, 0.1) is 11.5 Å². The molecule has 0 bridgehead atoms. The van der Waals surface area contributed by atoms with Gasteiger partial charge in [0.2, 0.25) is 6.79 Å². The summed E-state index contributed by atoms with van der Waals surface area (Å²) in [5.74, 6) is -0.598. The van der Waals surface area contributed by atoms with Gasteiger partial charge in [-0.2, -0.15) is 0 Å². The van der Waals surface area contributed by atoms with E-state index in [0.29, 0.717) is 23.6 Å². The van der Waals surface area contributed by atoms with E-state index in [1.165, 1.54) is 11.9 Å². The fourth-order valence-electron chi connectivity index (χ4n) is 2.57. The molecule has 0 aliphatic carbocycles. The summed E-state index contributed by atoms with van der Waals surface area (Å²) >= 11 is 0. The van der Waals surface area contributed by atoms with E-state index in [9.17, 15) is 18.0 Å². The smallest absolute Gasteiger partial charge is 0.313 e. The molecule has 2 heterocycles. The van der Waals surface area contributed by atoms with E-state index in [-0.39, 0.29) is 18.3 Å². The van der Waals surface area contributed by atoms with Crippen LogP contribution in [0, 0.1) is 0 Å². The maximum Gasteiger partial charge on any atom is 0.313 e. The Balaban J connectivity index is 1.65. The van der Waals surface area contributed by atoms with Crippen LogP contribution in [0.4, 0.5) is 5.69 Å². The number of nitrogens with one attached hydrogen (secondary N) is 1. The van der Waals surface area contributed by atoms with Crippen molar-refractivity contribution in [2.24, 2.45) is 0 Å². The van der Waals surface area contributed by atoms with Crippen LogP contribution in [0.15, 0.2) is 18.2 Å². The van der Waals surface area contributed by atoms with Crippen molar-refractivity contribution in [2.75, 3.05) is 30.7 Å². The summed E-state index contributed by atoms with van der Waals surface area (Å²) in [4.78, 5) is 25.4. The van der Waals surface area contributed by atoms with Crippen molar-refractivity contribution in [3.63, 3.8) is 0 Å². The van der Waals surface area contributed by atoms with Crippen molar-refractivity contribution in [2.45, 2.75) is 12.5 Å². The molecule has 1 unspecified atom stereocenters. The third-order valence-electron chi connectivity index (χ3n) is 3.90. The van der Waals surface area contributed by atoms with E-state index in [2.05, 4.69) is 5.32 Å². The van der Waals surface area contributed by atoms with Crippen LogP contribution in [0.5, 0.6) is 11.5 Å². The minimum absolute atomic E-state index is 0.0407. The molecule has 0 aromatic heterocycles. The Labute approximate surface area is 133 Å². The molecule has 0 radical (unpaired) electrons. The molecule has 0 spiro atoms. The summed E-state index contributed by atoms with van der Waals surface area (Å²) in [7, 11) is -1.68. The van der Waals surface area contributed by atoms with Gasteiger partial charge in [-0.05, 0) is 18.6 Å². The van der Waals surface area contributed by atoms with Gasteiger partial charge in [0.25, 0.3) is 0 Å². The van der Waals surface area contributed by atoms with Gasteiger partial charge in [-0.3, -0.25) is 9.59 Å². The highest BCUT2D eigenvalue weighted by Gasteiger charge is 2.34. The van der Waals surface area contributed by atoms with Crippen molar-refractivity contribution in [1.29, 1.82) is 0 Å². The number of fused-ring (bicyclic) bond motifs is 1. The van der Waals surface area contributed by atoms with Gasteiger partial charge in [-0.15, -0.1) is 0 Å². The fourth-order valence-corrected chi connectivity index (χ4v) is 4.34. The molecule has 9 heteroatoms. The van der Waals surface area contributed by atoms with Gasteiger partial charge in [0.1, 0.15) is 0 Å². The second kappa shape index (κ2) is 5.73. The summed E-state index contributed by atoms with van der Waals surface area (Å²) < 4.78 is 33.3. The molecule has 1 N–H and O–H groups in total. The number of amides is 2. The lowest BCUT2D eigenvalue weighted by atomic mass is 10.2. The number of ether oxygens (including phenoxy) is 2. The lowest BCUT2D eigenvalue weighted by molar-refractivity contribution is -0.143. The number of likely N-dealkylation sites (N-methyl/N-ethyl adjacent to an activating group) is 1. The molecule has 1 fully saturated rings. The molecule has 1 aromatic carbocycles. The number of carbonyl (C=O) groups is 2. The highest BCUT2D eigenvalue weighted by molar-refractivity contribution is 7.91. The summed E-state index contributed by atoms with van der Waals surface area (Å²) in [5.41, 5.74) is 0.403. The SMILES string of the molecule is CN(C(=O)C(=O)Nc1ccc2c(c1)OCO2)C1CCS(=O)(=O)C1. The van der Waals surface area contributed by atoms with Crippen molar-refractivity contribution in [3.05, 3.63) is 18.2 Å². The molecular formula is C14H16N2O6S. The highest BCUT2D eigenvalue weighted by atomic mass is 32.2. The number of hydrogen-bond donors (Lipinski definition) is 1. The van der Waals surface area contributed by atoms with Crippen LogP contribution in [0.3, 0.4) is 0 Å². The second-order valence-corrected chi connectivity index (χ2v) is 7.72. The van der Waals surface area contributed by atoms with Crippen LogP contribution in [0.1, 0.15) is 6.42 Å². The Hall–Kier alpha value is -2.29. The number of nitrogens with zero attached hydrogens (tertiary/aromatic N) is 1. The zero-order valence-corrected chi connectivity index (χ0v) is 13.3. The van der Waals surface area contributed by atoms with Gasteiger partial charge in [0.15, 0.2) is 21.3 Å².